The van der Waals surface area contributed by atoms with Crippen LogP contribution in [0.5, 0.6) is 0 Å². The second kappa shape index (κ2) is 6.77. The van der Waals surface area contributed by atoms with E-state index < -0.39 is 0 Å². The van der Waals surface area contributed by atoms with Crippen molar-refractivity contribution in [3.05, 3.63) is 75.8 Å². The molecule has 2 rings (SSSR count). The first-order valence-corrected chi connectivity index (χ1v) is 7.21. The smallest absolute Gasteiger partial charge is 0.250 e. The molecule has 0 unspecified atom stereocenters. The molecule has 2 aromatic rings. The average molecular weight is 334 g/mol. The van der Waals surface area contributed by atoms with E-state index in [-0.39, 0.29) is 17.3 Å². The summed E-state index contributed by atoms with van der Waals surface area (Å²) in [6, 6.07) is 11.4. The number of anilines is 1. The van der Waals surface area contributed by atoms with Crippen LogP contribution in [0.2, 0.25) is 10.0 Å². The summed E-state index contributed by atoms with van der Waals surface area (Å²) >= 11 is 12.0. The van der Waals surface area contributed by atoms with Crippen molar-refractivity contribution in [2.75, 3.05) is 5.32 Å². The van der Waals surface area contributed by atoms with Gasteiger partial charge in [0.1, 0.15) is 0 Å². The molecule has 2 aromatic carbocycles. The Morgan fingerprint density at radius 3 is 2.36 bits per heavy atom. The van der Waals surface area contributed by atoms with E-state index in [1.165, 1.54) is 6.07 Å². The van der Waals surface area contributed by atoms with Crippen LogP contribution >= 0.6 is 23.2 Å². The molecule has 0 aliphatic carbocycles. The third-order valence-corrected chi connectivity index (χ3v) is 3.55. The second-order valence-electron chi connectivity index (χ2n) is 4.73. The largest absolute Gasteiger partial charge is 0.322 e. The molecule has 0 spiro atoms. The minimum absolute atomic E-state index is 0.273. The van der Waals surface area contributed by atoms with Crippen molar-refractivity contribution < 1.29 is 9.59 Å². The molecule has 0 fully saturated rings. The highest BCUT2D eigenvalue weighted by Gasteiger charge is 2.18. The van der Waals surface area contributed by atoms with Crippen molar-refractivity contribution >= 4 is 40.6 Å². The first kappa shape index (κ1) is 16.3. The summed E-state index contributed by atoms with van der Waals surface area (Å²) in [5.41, 5.74) is 1.32. The topological polar surface area (TPSA) is 46.2 Å². The Labute approximate surface area is 138 Å². The molecule has 1 amide bonds. The van der Waals surface area contributed by atoms with E-state index in [1.54, 1.807) is 43.3 Å². The third kappa shape index (κ3) is 3.56. The highest BCUT2D eigenvalue weighted by Crippen LogP contribution is 2.26. The van der Waals surface area contributed by atoms with E-state index in [0.29, 0.717) is 26.9 Å². The summed E-state index contributed by atoms with van der Waals surface area (Å²) in [5.74, 6) is -0.680. The number of benzene rings is 2. The van der Waals surface area contributed by atoms with Crippen LogP contribution in [-0.4, -0.2) is 11.7 Å². The van der Waals surface area contributed by atoms with Gasteiger partial charge in [0.2, 0.25) is 0 Å². The highest BCUT2D eigenvalue weighted by molar-refractivity contribution is 6.36. The number of ketones is 1. The molecule has 1 N–H and O–H groups in total. The van der Waals surface area contributed by atoms with Gasteiger partial charge in [0, 0.05) is 21.7 Å². The van der Waals surface area contributed by atoms with Crippen molar-refractivity contribution in [2.24, 2.45) is 0 Å². The zero-order valence-corrected chi connectivity index (χ0v) is 13.3. The molecule has 0 aliphatic rings. The third-order valence-electron chi connectivity index (χ3n) is 2.98. The van der Waals surface area contributed by atoms with Gasteiger partial charge in [-0.2, -0.15) is 0 Å². The van der Waals surface area contributed by atoms with Crippen molar-refractivity contribution in [1.82, 2.24) is 0 Å². The summed E-state index contributed by atoms with van der Waals surface area (Å²) in [5, 5.41) is 3.38. The van der Waals surface area contributed by atoms with E-state index >= 15 is 0 Å². The molecule has 0 bridgehead atoms. The molecule has 0 radical (unpaired) electrons. The summed E-state index contributed by atoms with van der Waals surface area (Å²) in [7, 11) is 0. The lowest BCUT2D eigenvalue weighted by molar-refractivity contribution is -0.112. The molecule has 0 aromatic heterocycles. The fraction of sp³-hybridized carbons (Fsp3) is 0.0588. The van der Waals surface area contributed by atoms with Gasteiger partial charge in [0.25, 0.3) is 5.91 Å². The van der Waals surface area contributed by atoms with Crippen LogP contribution in [0.25, 0.3) is 0 Å². The maximum atomic E-state index is 12.7. The standard InChI is InChI=1S/C17H13Cl2NO2/c1-10(2)17(22)20-15-8-7-11(18)9-13(15)16(21)12-5-3-4-6-14(12)19/h3-9H,1H2,2H3,(H,20,22). The molecule has 0 saturated heterocycles. The second-order valence-corrected chi connectivity index (χ2v) is 5.58. The molecular formula is C17H13Cl2NO2. The lowest BCUT2D eigenvalue weighted by Crippen LogP contribution is -2.15. The number of carbonyl (C=O) groups excluding carboxylic acids is 2. The Kier molecular flexibility index (Phi) is 5.01. The fourth-order valence-corrected chi connectivity index (χ4v) is 2.23. The van der Waals surface area contributed by atoms with Gasteiger partial charge in [-0.25, -0.2) is 0 Å². The van der Waals surface area contributed by atoms with Crippen molar-refractivity contribution in [2.45, 2.75) is 6.92 Å². The number of amides is 1. The first-order chi connectivity index (χ1) is 10.4. The van der Waals surface area contributed by atoms with E-state index in [0.717, 1.165) is 0 Å². The van der Waals surface area contributed by atoms with Crippen molar-refractivity contribution in [3.63, 3.8) is 0 Å². The maximum absolute atomic E-state index is 12.7. The average Bonchev–Trinajstić information content (AvgIpc) is 2.48. The van der Waals surface area contributed by atoms with Crippen molar-refractivity contribution in [3.8, 4) is 0 Å². The number of rotatable bonds is 4. The van der Waals surface area contributed by atoms with Crippen LogP contribution in [0, 0.1) is 0 Å². The summed E-state index contributed by atoms with van der Waals surface area (Å²) in [6.45, 7) is 5.16. The zero-order valence-electron chi connectivity index (χ0n) is 11.8. The van der Waals surface area contributed by atoms with Gasteiger partial charge in [-0.15, -0.1) is 0 Å². The number of carbonyl (C=O) groups is 2. The Balaban J connectivity index is 2.47. The number of hydrogen-bond acceptors (Lipinski definition) is 2. The summed E-state index contributed by atoms with van der Waals surface area (Å²) in [6.07, 6.45) is 0. The van der Waals surface area contributed by atoms with Gasteiger partial charge >= 0.3 is 0 Å². The molecule has 0 atom stereocenters. The van der Waals surface area contributed by atoms with Crippen LogP contribution < -0.4 is 5.32 Å². The van der Waals surface area contributed by atoms with Crippen LogP contribution in [0.15, 0.2) is 54.6 Å². The van der Waals surface area contributed by atoms with Gasteiger partial charge in [-0.1, -0.05) is 41.9 Å². The molecule has 112 valence electrons. The molecule has 0 heterocycles. The monoisotopic (exact) mass is 333 g/mol. The Morgan fingerprint density at radius 2 is 1.73 bits per heavy atom. The van der Waals surface area contributed by atoms with Crippen LogP contribution in [0.4, 0.5) is 5.69 Å². The Hall–Kier alpha value is -2.10. The van der Waals surface area contributed by atoms with Crippen LogP contribution in [0.1, 0.15) is 22.8 Å². The lowest BCUT2D eigenvalue weighted by Gasteiger charge is -2.11. The SMILES string of the molecule is C=C(C)C(=O)Nc1ccc(Cl)cc1C(=O)c1ccccc1Cl. The van der Waals surface area contributed by atoms with Crippen LogP contribution in [-0.2, 0) is 4.79 Å². The van der Waals surface area contributed by atoms with Gasteiger partial charge in [-0.05, 0) is 37.3 Å². The lowest BCUT2D eigenvalue weighted by atomic mass is 10.0. The molecule has 3 nitrogen and oxygen atoms in total. The van der Waals surface area contributed by atoms with Crippen LogP contribution in [0.3, 0.4) is 0 Å². The maximum Gasteiger partial charge on any atom is 0.250 e. The normalized spacial score (nSPS) is 10.1. The Morgan fingerprint density at radius 1 is 1.05 bits per heavy atom. The van der Waals surface area contributed by atoms with Gasteiger partial charge in [0.05, 0.1) is 10.7 Å². The van der Waals surface area contributed by atoms with E-state index in [4.69, 9.17) is 23.2 Å². The van der Waals surface area contributed by atoms with Gasteiger partial charge in [-0.3, -0.25) is 9.59 Å². The summed E-state index contributed by atoms with van der Waals surface area (Å²) < 4.78 is 0. The predicted molar refractivity (Wildman–Crippen MR) is 89.8 cm³/mol. The predicted octanol–water partition coefficient (Wildman–Crippen LogP) is 4.74. The fourth-order valence-electron chi connectivity index (χ4n) is 1.83. The van der Waals surface area contributed by atoms with Gasteiger partial charge in [0.15, 0.2) is 5.78 Å². The number of nitrogens with one attached hydrogen (secondary N) is 1. The van der Waals surface area contributed by atoms with E-state index in [9.17, 15) is 9.59 Å². The number of hydrogen-bond donors (Lipinski definition) is 1. The minimum Gasteiger partial charge on any atom is -0.322 e. The summed E-state index contributed by atoms with van der Waals surface area (Å²) in [4.78, 5) is 24.5. The quantitative estimate of drug-likeness (QED) is 0.648. The zero-order chi connectivity index (χ0) is 16.3. The minimum atomic E-state index is -0.365. The van der Waals surface area contributed by atoms with E-state index in [2.05, 4.69) is 11.9 Å². The highest BCUT2D eigenvalue weighted by atomic mass is 35.5. The molecule has 0 saturated carbocycles. The van der Waals surface area contributed by atoms with Crippen molar-refractivity contribution in [1.29, 1.82) is 0 Å². The molecular weight excluding hydrogens is 321 g/mol. The number of halogens is 2. The molecule has 22 heavy (non-hydrogen) atoms. The first-order valence-electron chi connectivity index (χ1n) is 6.46. The molecule has 5 heteroatoms. The van der Waals surface area contributed by atoms with Gasteiger partial charge < -0.3 is 5.32 Å². The Bertz CT molecular complexity index is 769. The van der Waals surface area contributed by atoms with E-state index in [1.807, 2.05) is 0 Å². The molecule has 0 aliphatic heterocycles.